The van der Waals surface area contributed by atoms with Crippen LogP contribution in [0.15, 0.2) is 121 Å². The van der Waals surface area contributed by atoms with Crippen LogP contribution in [-0.2, 0) is 24.2 Å². The van der Waals surface area contributed by atoms with E-state index in [1.807, 2.05) is 72.8 Å². The van der Waals surface area contributed by atoms with Gasteiger partial charge in [0.2, 0.25) is 0 Å². The normalized spacial score (nSPS) is 11.6. The lowest BCUT2D eigenvalue weighted by Gasteiger charge is -2.31. The second-order valence-corrected chi connectivity index (χ2v) is 11.2. The number of nitrogens with zero attached hydrogens (tertiary/aromatic N) is 2. The van der Waals surface area contributed by atoms with Crippen molar-refractivity contribution in [3.63, 3.8) is 0 Å². The Morgan fingerprint density at radius 2 is 1.45 bits per heavy atom. The number of hydrogen-bond donors (Lipinski definition) is 2. The van der Waals surface area contributed by atoms with Crippen molar-refractivity contribution in [3.05, 3.63) is 138 Å². The highest BCUT2D eigenvalue weighted by molar-refractivity contribution is 5.92. The number of aromatic nitrogens is 1. The van der Waals surface area contributed by atoms with Crippen molar-refractivity contribution < 1.29 is 14.6 Å². The molecule has 1 aromatic heterocycles. The third-order valence-electron chi connectivity index (χ3n) is 7.76. The molecule has 0 aliphatic heterocycles. The Morgan fingerprint density at radius 1 is 0.864 bits per heavy atom. The van der Waals surface area contributed by atoms with Crippen molar-refractivity contribution >= 4 is 11.8 Å². The Morgan fingerprint density at radius 3 is 2.02 bits per heavy atom. The summed E-state index contributed by atoms with van der Waals surface area (Å²) in [6.07, 6.45) is 3.29. The van der Waals surface area contributed by atoms with E-state index in [0.717, 1.165) is 46.3 Å². The number of nitrogens with two attached hydrogens (primary N) is 1. The summed E-state index contributed by atoms with van der Waals surface area (Å²) in [5.74, 6) is 0.473. The van der Waals surface area contributed by atoms with Crippen molar-refractivity contribution in [1.29, 1.82) is 0 Å². The van der Waals surface area contributed by atoms with Gasteiger partial charge in [0.15, 0.2) is 0 Å². The van der Waals surface area contributed by atoms with E-state index < -0.39 is 6.09 Å². The van der Waals surface area contributed by atoms with Crippen LogP contribution in [0.5, 0.6) is 5.75 Å². The first-order valence-electron chi connectivity index (χ1n) is 15.1. The van der Waals surface area contributed by atoms with Crippen molar-refractivity contribution in [2.24, 2.45) is 11.7 Å². The number of anilines is 1. The van der Waals surface area contributed by atoms with Gasteiger partial charge in [0.1, 0.15) is 5.75 Å². The average Bonchev–Trinajstić information content (AvgIpc) is 3.04. The molecule has 224 valence electrons. The van der Waals surface area contributed by atoms with Crippen molar-refractivity contribution in [1.82, 2.24) is 4.98 Å². The van der Waals surface area contributed by atoms with Crippen LogP contribution in [0.4, 0.5) is 10.5 Å². The number of carbonyl (C=O) groups excluding carboxylic acids is 1. The van der Waals surface area contributed by atoms with Crippen LogP contribution in [0, 0.1) is 5.92 Å². The molecule has 5 rings (SSSR count). The Labute approximate surface area is 259 Å². The molecule has 0 saturated carbocycles. The van der Waals surface area contributed by atoms with E-state index in [1.165, 1.54) is 0 Å². The number of ether oxygens (including phenoxy) is 1. The molecule has 0 aliphatic rings. The molecule has 0 saturated heterocycles. The van der Waals surface area contributed by atoms with Gasteiger partial charge < -0.3 is 20.5 Å². The molecule has 1 atom stereocenters. The van der Waals surface area contributed by atoms with Gasteiger partial charge in [0.05, 0.1) is 23.6 Å². The molecule has 6 nitrogen and oxygen atoms in total. The number of benzene rings is 4. The minimum atomic E-state index is -0.750. The quantitative estimate of drug-likeness (QED) is 0.136. The number of amides is 1. The summed E-state index contributed by atoms with van der Waals surface area (Å²) in [4.78, 5) is 18.0. The van der Waals surface area contributed by atoms with E-state index in [9.17, 15) is 9.90 Å². The maximum absolute atomic E-state index is 12.4. The predicted molar refractivity (Wildman–Crippen MR) is 177 cm³/mol. The van der Waals surface area contributed by atoms with Crippen LogP contribution in [-0.4, -0.2) is 22.8 Å². The molecular formula is C38H39N3O3. The van der Waals surface area contributed by atoms with E-state index in [2.05, 4.69) is 59.3 Å². The average molecular weight is 586 g/mol. The Kier molecular flexibility index (Phi) is 10.3. The van der Waals surface area contributed by atoms with Gasteiger partial charge in [-0.2, -0.15) is 0 Å². The summed E-state index contributed by atoms with van der Waals surface area (Å²) in [6, 6.07) is 38.9. The molecule has 0 fully saturated rings. The van der Waals surface area contributed by atoms with Crippen LogP contribution in [0.2, 0.25) is 0 Å². The molecular weight excluding hydrogens is 546 g/mol. The molecule has 3 N–H and O–H groups in total. The monoisotopic (exact) mass is 585 g/mol. The fourth-order valence-corrected chi connectivity index (χ4v) is 5.74. The lowest BCUT2D eigenvalue weighted by atomic mass is 9.88. The van der Waals surface area contributed by atoms with E-state index >= 15 is 0 Å². The number of carbonyl (C=O) groups is 1. The molecule has 1 amide bonds. The number of pyridine rings is 1. The largest absolute Gasteiger partial charge is 0.505 e. The summed E-state index contributed by atoms with van der Waals surface area (Å²) in [5.41, 5.74) is 12.7. The van der Waals surface area contributed by atoms with E-state index in [1.54, 1.807) is 6.20 Å². The first-order valence-corrected chi connectivity index (χ1v) is 15.1. The van der Waals surface area contributed by atoms with Crippen LogP contribution in [0.1, 0.15) is 36.5 Å². The highest BCUT2D eigenvalue weighted by atomic mass is 16.5. The SMILES string of the molecule is CC(CCCOC(N)=O)Cc1cc(-c2ccccc2)c(-c2ccccn2)c(O)c1N(Cc1ccccc1)Cc1ccccc1. The third kappa shape index (κ3) is 7.84. The van der Waals surface area contributed by atoms with Gasteiger partial charge >= 0.3 is 6.09 Å². The van der Waals surface area contributed by atoms with Gasteiger partial charge in [-0.3, -0.25) is 4.98 Å². The van der Waals surface area contributed by atoms with Gasteiger partial charge in [0.25, 0.3) is 0 Å². The lowest BCUT2D eigenvalue weighted by Crippen LogP contribution is -2.24. The lowest BCUT2D eigenvalue weighted by molar-refractivity contribution is 0.153. The molecule has 1 unspecified atom stereocenters. The number of phenolic OH excluding ortho intramolecular Hbond substituents is 1. The second-order valence-electron chi connectivity index (χ2n) is 11.2. The van der Waals surface area contributed by atoms with Gasteiger partial charge in [-0.25, -0.2) is 4.79 Å². The molecule has 4 aromatic carbocycles. The fourth-order valence-electron chi connectivity index (χ4n) is 5.74. The zero-order chi connectivity index (χ0) is 30.7. The molecule has 0 aliphatic carbocycles. The minimum Gasteiger partial charge on any atom is -0.505 e. The number of hydrogen-bond acceptors (Lipinski definition) is 5. The van der Waals surface area contributed by atoms with Gasteiger partial charge in [-0.1, -0.05) is 104 Å². The Bertz CT molecular complexity index is 1590. The molecule has 0 spiro atoms. The van der Waals surface area contributed by atoms with Crippen LogP contribution < -0.4 is 10.6 Å². The maximum Gasteiger partial charge on any atom is 0.404 e. The smallest absolute Gasteiger partial charge is 0.404 e. The van der Waals surface area contributed by atoms with Crippen molar-refractivity contribution in [2.45, 2.75) is 39.3 Å². The second kappa shape index (κ2) is 14.9. The number of rotatable bonds is 13. The fraction of sp³-hybridized carbons (Fsp3) is 0.211. The highest BCUT2D eigenvalue weighted by Crippen LogP contribution is 2.47. The minimum absolute atomic E-state index is 0.219. The van der Waals surface area contributed by atoms with E-state index in [-0.39, 0.29) is 11.7 Å². The Balaban J connectivity index is 1.67. The molecule has 0 radical (unpaired) electrons. The standard InChI is InChI=1S/C38H39N3O3/c1-28(14-13-23-44-38(39)43)24-32-25-33(31-19-9-4-10-20-31)35(34-21-11-12-22-40-34)37(42)36(32)41(26-29-15-5-2-6-16-29)27-30-17-7-3-8-18-30/h2-12,15-22,25,28,42H,13-14,23-24,26-27H2,1H3,(H2,39,43). The molecule has 6 heteroatoms. The van der Waals surface area contributed by atoms with Crippen LogP contribution >= 0.6 is 0 Å². The highest BCUT2D eigenvalue weighted by Gasteiger charge is 2.26. The first-order chi connectivity index (χ1) is 21.5. The maximum atomic E-state index is 12.4. The van der Waals surface area contributed by atoms with Crippen molar-refractivity contribution in [2.75, 3.05) is 11.5 Å². The summed E-state index contributed by atoms with van der Waals surface area (Å²) in [5, 5.41) is 12.4. The topological polar surface area (TPSA) is 88.7 Å². The zero-order valence-corrected chi connectivity index (χ0v) is 25.1. The van der Waals surface area contributed by atoms with Crippen LogP contribution in [0.3, 0.4) is 0 Å². The summed E-state index contributed by atoms with van der Waals surface area (Å²) in [7, 11) is 0. The number of primary amides is 1. The number of phenols is 1. The van der Waals surface area contributed by atoms with Crippen LogP contribution in [0.25, 0.3) is 22.4 Å². The van der Waals surface area contributed by atoms with E-state index in [0.29, 0.717) is 37.4 Å². The van der Waals surface area contributed by atoms with Gasteiger partial charge in [0, 0.05) is 19.3 Å². The summed E-state index contributed by atoms with van der Waals surface area (Å²) >= 11 is 0. The summed E-state index contributed by atoms with van der Waals surface area (Å²) in [6.45, 7) is 3.71. The predicted octanol–water partition coefficient (Wildman–Crippen LogP) is 8.38. The molecule has 0 bridgehead atoms. The molecule has 44 heavy (non-hydrogen) atoms. The van der Waals surface area contributed by atoms with Crippen molar-refractivity contribution in [3.8, 4) is 28.1 Å². The Hall–Kier alpha value is -5.10. The van der Waals surface area contributed by atoms with Gasteiger partial charge in [-0.15, -0.1) is 0 Å². The summed E-state index contributed by atoms with van der Waals surface area (Å²) < 4.78 is 4.98. The number of aromatic hydroxyl groups is 1. The zero-order valence-electron chi connectivity index (χ0n) is 25.1. The first kappa shape index (κ1) is 30.4. The molecule has 1 heterocycles. The molecule has 5 aromatic rings. The van der Waals surface area contributed by atoms with E-state index in [4.69, 9.17) is 10.5 Å². The van der Waals surface area contributed by atoms with Gasteiger partial charge in [-0.05, 0) is 71.2 Å². The third-order valence-corrected chi connectivity index (χ3v) is 7.76.